The Morgan fingerprint density at radius 1 is 0.969 bits per heavy atom. The average Bonchev–Trinajstić information content (AvgIpc) is 2.78. The summed E-state index contributed by atoms with van der Waals surface area (Å²) in [6.45, 7) is 1.30. The summed E-state index contributed by atoms with van der Waals surface area (Å²) in [6.07, 6.45) is 0. The minimum Gasteiger partial charge on any atom is -0.496 e. The van der Waals surface area contributed by atoms with Crippen molar-refractivity contribution in [3.8, 4) is 11.5 Å². The third kappa shape index (κ3) is 5.15. The number of aryl methyl sites for hydroxylation is 1. The average molecular weight is 475 g/mol. The number of nitrogens with zero attached hydrogens (tertiary/aromatic N) is 1. The van der Waals surface area contributed by atoms with Gasteiger partial charge in [-0.05, 0) is 61.0 Å². The number of ether oxygens (including phenoxy) is 2. The van der Waals surface area contributed by atoms with Crippen LogP contribution in [0.15, 0.2) is 71.6 Å². The fraction of sp³-hybridized carbons (Fsp3) is 0.174. The Bertz CT molecular complexity index is 1220. The van der Waals surface area contributed by atoms with Gasteiger partial charge in [0.1, 0.15) is 18.0 Å². The van der Waals surface area contributed by atoms with Crippen LogP contribution in [0.25, 0.3) is 0 Å². The first kappa shape index (κ1) is 23.4. The quantitative estimate of drug-likeness (QED) is 0.519. The maximum atomic E-state index is 13.5. The van der Waals surface area contributed by atoms with Gasteiger partial charge in [0.2, 0.25) is 5.91 Å². The number of halogens is 1. The number of nitrogens with one attached hydrogen (secondary N) is 1. The van der Waals surface area contributed by atoms with E-state index >= 15 is 0 Å². The van der Waals surface area contributed by atoms with Gasteiger partial charge in [0.15, 0.2) is 0 Å². The molecule has 1 amide bonds. The highest BCUT2D eigenvalue weighted by atomic mass is 35.5. The molecule has 0 atom stereocenters. The van der Waals surface area contributed by atoms with Crippen LogP contribution in [0.1, 0.15) is 5.56 Å². The second kappa shape index (κ2) is 9.93. The van der Waals surface area contributed by atoms with Crippen LogP contribution in [0.4, 0.5) is 11.4 Å². The van der Waals surface area contributed by atoms with E-state index < -0.39 is 22.5 Å². The van der Waals surface area contributed by atoms with E-state index in [4.69, 9.17) is 21.1 Å². The molecular formula is C23H23ClN2O5S. The van der Waals surface area contributed by atoms with Gasteiger partial charge in [-0.1, -0.05) is 29.8 Å². The van der Waals surface area contributed by atoms with Crippen LogP contribution in [0.3, 0.4) is 0 Å². The predicted molar refractivity (Wildman–Crippen MR) is 125 cm³/mol. The lowest BCUT2D eigenvalue weighted by molar-refractivity contribution is -0.114. The van der Waals surface area contributed by atoms with Crippen molar-refractivity contribution in [3.63, 3.8) is 0 Å². The van der Waals surface area contributed by atoms with Crippen molar-refractivity contribution in [3.05, 3.63) is 77.3 Å². The van der Waals surface area contributed by atoms with Gasteiger partial charge in [0, 0.05) is 5.02 Å². The summed E-state index contributed by atoms with van der Waals surface area (Å²) >= 11 is 6.03. The minimum absolute atomic E-state index is 0.0489. The number of amides is 1. The van der Waals surface area contributed by atoms with Crippen LogP contribution in [-0.4, -0.2) is 35.1 Å². The van der Waals surface area contributed by atoms with Gasteiger partial charge in [-0.15, -0.1) is 0 Å². The fourth-order valence-corrected chi connectivity index (χ4v) is 4.82. The van der Waals surface area contributed by atoms with Crippen LogP contribution < -0.4 is 19.1 Å². The zero-order valence-electron chi connectivity index (χ0n) is 17.8. The second-order valence-electron chi connectivity index (χ2n) is 6.87. The molecule has 32 heavy (non-hydrogen) atoms. The molecule has 9 heteroatoms. The van der Waals surface area contributed by atoms with Gasteiger partial charge in [0.25, 0.3) is 10.0 Å². The van der Waals surface area contributed by atoms with Crippen LogP contribution >= 0.6 is 11.6 Å². The standard InChI is InChI=1S/C23H23ClN2O5S/c1-16-13-19(10-12-21(16)30-2)32(28,29)26(18-7-5-4-6-8-18)15-23(27)25-20-14-17(24)9-11-22(20)31-3/h4-14H,15H2,1-3H3,(H,25,27). The molecule has 0 aliphatic carbocycles. The Kier molecular flexibility index (Phi) is 7.27. The van der Waals surface area contributed by atoms with E-state index in [1.165, 1.54) is 32.4 Å². The van der Waals surface area contributed by atoms with Crippen molar-refractivity contribution in [1.82, 2.24) is 0 Å². The maximum absolute atomic E-state index is 13.5. The fourth-order valence-electron chi connectivity index (χ4n) is 3.15. The zero-order valence-corrected chi connectivity index (χ0v) is 19.4. The summed E-state index contributed by atoms with van der Waals surface area (Å²) in [5.74, 6) is 0.423. The number of hydrogen-bond acceptors (Lipinski definition) is 5. The van der Waals surface area contributed by atoms with Crippen molar-refractivity contribution in [1.29, 1.82) is 0 Å². The Balaban J connectivity index is 1.96. The van der Waals surface area contributed by atoms with E-state index in [1.807, 2.05) is 0 Å². The molecule has 0 saturated carbocycles. The first-order valence-corrected chi connectivity index (χ1v) is 11.4. The van der Waals surface area contributed by atoms with Crippen molar-refractivity contribution in [2.24, 2.45) is 0 Å². The summed E-state index contributed by atoms with van der Waals surface area (Å²) in [5.41, 5.74) is 1.36. The second-order valence-corrected chi connectivity index (χ2v) is 9.17. The molecule has 0 aromatic heterocycles. The number of anilines is 2. The SMILES string of the molecule is COc1ccc(S(=O)(=O)N(CC(=O)Nc2cc(Cl)ccc2OC)c2ccccc2)cc1C. The van der Waals surface area contributed by atoms with Crippen molar-refractivity contribution in [2.75, 3.05) is 30.4 Å². The van der Waals surface area contributed by atoms with E-state index in [-0.39, 0.29) is 4.90 Å². The molecule has 168 valence electrons. The highest BCUT2D eigenvalue weighted by molar-refractivity contribution is 7.92. The van der Waals surface area contributed by atoms with Crippen molar-refractivity contribution < 1.29 is 22.7 Å². The van der Waals surface area contributed by atoms with Crippen molar-refractivity contribution in [2.45, 2.75) is 11.8 Å². The largest absolute Gasteiger partial charge is 0.496 e. The first-order valence-electron chi connectivity index (χ1n) is 9.62. The molecule has 3 aromatic carbocycles. The van der Waals surface area contributed by atoms with E-state index in [0.717, 1.165) is 4.31 Å². The van der Waals surface area contributed by atoms with E-state index in [9.17, 15) is 13.2 Å². The molecule has 7 nitrogen and oxygen atoms in total. The van der Waals surface area contributed by atoms with Gasteiger partial charge in [0.05, 0.1) is 30.5 Å². The van der Waals surface area contributed by atoms with Gasteiger partial charge in [-0.3, -0.25) is 9.10 Å². The van der Waals surface area contributed by atoms with E-state index in [1.54, 1.807) is 55.5 Å². The summed E-state index contributed by atoms with van der Waals surface area (Å²) in [5, 5.41) is 3.09. The Morgan fingerprint density at radius 2 is 1.62 bits per heavy atom. The number of benzene rings is 3. The van der Waals surface area contributed by atoms with Crippen LogP contribution in [0.2, 0.25) is 5.02 Å². The van der Waals surface area contributed by atoms with Crippen LogP contribution in [0, 0.1) is 6.92 Å². The zero-order chi connectivity index (χ0) is 23.3. The number of carbonyl (C=O) groups is 1. The number of para-hydroxylation sites is 1. The monoisotopic (exact) mass is 474 g/mol. The first-order chi connectivity index (χ1) is 15.3. The summed E-state index contributed by atoms with van der Waals surface area (Å²) < 4.78 is 38.5. The lowest BCUT2D eigenvalue weighted by Crippen LogP contribution is -2.38. The normalized spacial score (nSPS) is 11.0. The Morgan fingerprint density at radius 3 is 2.25 bits per heavy atom. The Labute approximate surface area is 192 Å². The number of sulfonamides is 1. The minimum atomic E-state index is -4.05. The predicted octanol–water partition coefficient (Wildman–Crippen LogP) is 4.50. The number of methoxy groups -OCH3 is 2. The molecule has 0 fully saturated rings. The topological polar surface area (TPSA) is 84.9 Å². The summed E-state index contributed by atoms with van der Waals surface area (Å²) in [4.78, 5) is 12.9. The molecule has 0 aliphatic rings. The third-order valence-electron chi connectivity index (χ3n) is 4.72. The molecule has 1 N–H and O–H groups in total. The van der Waals surface area contributed by atoms with Crippen LogP contribution in [-0.2, 0) is 14.8 Å². The van der Waals surface area contributed by atoms with Gasteiger partial charge >= 0.3 is 0 Å². The summed E-state index contributed by atoms with van der Waals surface area (Å²) in [7, 11) is -1.07. The van der Waals surface area contributed by atoms with E-state index in [2.05, 4.69) is 5.32 Å². The maximum Gasteiger partial charge on any atom is 0.264 e. The number of carbonyl (C=O) groups excluding carboxylic acids is 1. The smallest absolute Gasteiger partial charge is 0.264 e. The highest BCUT2D eigenvalue weighted by Gasteiger charge is 2.28. The number of hydrogen-bond donors (Lipinski definition) is 1. The molecule has 3 aromatic rings. The molecule has 0 saturated heterocycles. The lowest BCUT2D eigenvalue weighted by atomic mass is 10.2. The molecule has 3 rings (SSSR count). The van der Waals surface area contributed by atoms with Gasteiger partial charge < -0.3 is 14.8 Å². The number of rotatable bonds is 8. The molecule has 0 bridgehead atoms. The molecule has 0 radical (unpaired) electrons. The van der Waals surface area contributed by atoms with Crippen LogP contribution in [0.5, 0.6) is 11.5 Å². The molecule has 0 unspecified atom stereocenters. The summed E-state index contributed by atoms with van der Waals surface area (Å²) in [6, 6.07) is 17.8. The van der Waals surface area contributed by atoms with E-state index in [0.29, 0.717) is 33.5 Å². The third-order valence-corrected chi connectivity index (χ3v) is 6.73. The molecule has 0 spiro atoms. The van der Waals surface area contributed by atoms with Gasteiger partial charge in [-0.2, -0.15) is 0 Å². The van der Waals surface area contributed by atoms with Crippen molar-refractivity contribution >= 4 is 38.9 Å². The highest BCUT2D eigenvalue weighted by Crippen LogP contribution is 2.29. The molecule has 0 heterocycles. The van der Waals surface area contributed by atoms with Gasteiger partial charge in [-0.25, -0.2) is 8.42 Å². The molecule has 0 aliphatic heterocycles. The lowest BCUT2D eigenvalue weighted by Gasteiger charge is -2.24. The Hall–Kier alpha value is -3.23. The molecular weight excluding hydrogens is 452 g/mol.